The summed E-state index contributed by atoms with van der Waals surface area (Å²) in [4.78, 5) is 13.8. The van der Waals surface area contributed by atoms with Crippen LogP contribution in [0.2, 0.25) is 5.02 Å². The summed E-state index contributed by atoms with van der Waals surface area (Å²) in [7, 11) is 0. The van der Waals surface area contributed by atoms with Crippen molar-refractivity contribution in [2.45, 2.75) is 39.2 Å². The molecule has 1 fully saturated rings. The number of carboxylic acids is 1. The van der Waals surface area contributed by atoms with Crippen LogP contribution in [0.15, 0.2) is 18.2 Å². The second-order valence-electron chi connectivity index (χ2n) is 6.64. The average molecular weight is 296 g/mol. The maximum absolute atomic E-state index is 11.6. The fourth-order valence-electron chi connectivity index (χ4n) is 2.84. The monoisotopic (exact) mass is 295 g/mol. The molecular formula is C16H22ClNO2. The first-order chi connectivity index (χ1) is 9.20. The minimum atomic E-state index is -0.714. The molecule has 0 aromatic heterocycles. The predicted molar refractivity (Wildman–Crippen MR) is 81.4 cm³/mol. The molecule has 0 amide bonds. The van der Waals surface area contributed by atoms with Crippen LogP contribution in [0, 0.1) is 12.8 Å². The molecule has 4 heteroatoms. The number of benzene rings is 1. The molecular weight excluding hydrogens is 274 g/mol. The van der Waals surface area contributed by atoms with Crippen molar-refractivity contribution in [3.8, 4) is 0 Å². The number of rotatable bonds is 2. The van der Waals surface area contributed by atoms with Crippen LogP contribution in [-0.4, -0.2) is 34.6 Å². The summed E-state index contributed by atoms with van der Waals surface area (Å²) in [6, 6.07) is 5.85. The maximum Gasteiger partial charge on any atom is 0.308 e. The summed E-state index contributed by atoms with van der Waals surface area (Å²) in [5.74, 6) is -1.04. The van der Waals surface area contributed by atoms with E-state index >= 15 is 0 Å². The summed E-state index contributed by atoms with van der Waals surface area (Å²) in [5.41, 5.74) is 2.07. The molecule has 0 unspecified atom stereocenters. The van der Waals surface area contributed by atoms with Crippen molar-refractivity contribution in [3.63, 3.8) is 0 Å². The van der Waals surface area contributed by atoms with E-state index in [0.717, 1.165) is 22.7 Å². The van der Waals surface area contributed by atoms with Crippen LogP contribution < -0.4 is 0 Å². The van der Waals surface area contributed by atoms with Gasteiger partial charge in [0.2, 0.25) is 0 Å². The highest BCUT2D eigenvalue weighted by Gasteiger charge is 2.42. The first-order valence-electron chi connectivity index (χ1n) is 6.94. The third-order valence-corrected chi connectivity index (χ3v) is 4.62. The number of carboxylic acid groups (broad SMARTS) is 1. The first kappa shape index (κ1) is 15.3. The Bertz CT molecular complexity index is 522. The van der Waals surface area contributed by atoms with Gasteiger partial charge in [0.1, 0.15) is 0 Å². The Kier molecular flexibility index (Phi) is 4.12. The van der Waals surface area contributed by atoms with Gasteiger partial charge in [0.25, 0.3) is 0 Å². The van der Waals surface area contributed by atoms with E-state index in [-0.39, 0.29) is 17.4 Å². The lowest BCUT2D eigenvalue weighted by molar-refractivity contribution is -0.141. The second-order valence-corrected chi connectivity index (χ2v) is 7.04. The molecule has 0 aliphatic carbocycles. The van der Waals surface area contributed by atoms with Crippen molar-refractivity contribution in [2.75, 3.05) is 13.1 Å². The SMILES string of the molecule is Cc1cc([C@H]2CN(C(C)(C)C)C[C@@H]2C(=O)O)ccc1Cl. The highest BCUT2D eigenvalue weighted by molar-refractivity contribution is 6.31. The van der Waals surface area contributed by atoms with Gasteiger partial charge in [0, 0.05) is 29.6 Å². The third-order valence-electron chi connectivity index (χ3n) is 4.20. The van der Waals surface area contributed by atoms with Gasteiger partial charge in [-0.05, 0) is 44.9 Å². The van der Waals surface area contributed by atoms with Gasteiger partial charge in [-0.3, -0.25) is 9.69 Å². The Balaban J connectivity index is 2.32. The Morgan fingerprint density at radius 2 is 2.00 bits per heavy atom. The zero-order valence-electron chi connectivity index (χ0n) is 12.5. The molecule has 1 saturated heterocycles. The molecule has 1 aromatic rings. The molecule has 1 aromatic carbocycles. The summed E-state index contributed by atoms with van der Waals surface area (Å²) in [6.45, 7) is 9.72. The largest absolute Gasteiger partial charge is 0.481 e. The molecule has 0 bridgehead atoms. The molecule has 0 radical (unpaired) electrons. The number of hydrogen-bond acceptors (Lipinski definition) is 2. The molecule has 2 rings (SSSR count). The Hall–Kier alpha value is -1.06. The number of halogens is 1. The minimum Gasteiger partial charge on any atom is -0.481 e. The Morgan fingerprint density at radius 1 is 1.35 bits per heavy atom. The van der Waals surface area contributed by atoms with Crippen LogP contribution in [-0.2, 0) is 4.79 Å². The highest BCUT2D eigenvalue weighted by Crippen LogP contribution is 2.37. The number of hydrogen-bond donors (Lipinski definition) is 1. The van der Waals surface area contributed by atoms with Crippen LogP contribution in [0.3, 0.4) is 0 Å². The summed E-state index contributed by atoms with van der Waals surface area (Å²) < 4.78 is 0. The molecule has 3 nitrogen and oxygen atoms in total. The van der Waals surface area contributed by atoms with Gasteiger partial charge >= 0.3 is 5.97 Å². The zero-order valence-corrected chi connectivity index (χ0v) is 13.2. The summed E-state index contributed by atoms with van der Waals surface area (Å²) >= 11 is 6.06. The van der Waals surface area contributed by atoms with E-state index in [1.807, 2.05) is 25.1 Å². The van der Waals surface area contributed by atoms with Gasteiger partial charge in [-0.1, -0.05) is 23.7 Å². The van der Waals surface area contributed by atoms with Gasteiger partial charge in [0.05, 0.1) is 5.92 Å². The second kappa shape index (κ2) is 5.38. The molecule has 20 heavy (non-hydrogen) atoms. The fraction of sp³-hybridized carbons (Fsp3) is 0.562. The van der Waals surface area contributed by atoms with Gasteiger partial charge in [-0.25, -0.2) is 0 Å². The zero-order chi connectivity index (χ0) is 15.1. The topological polar surface area (TPSA) is 40.5 Å². The van der Waals surface area contributed by atoms with E-state index in [2.05, 4.69) is 25.7 Å². The fourth-order valence-corrected chi connectivity index (χ4v) is 2.96. The smallest absolute Gasteiger partial charge is 0.308 e. The van der Waals surface area contributed by atoms with Crippen molar-refractivity contribution in [1.82, 2.24) is 4.90 Å². The van der Waals surface area contributed by atoms with Crippen molar-refractivity contribution in [2.24, 2.45) is 5.92 Å². The van der Waals surface area contributed by atoms with E-state index < -0.39 is 5.97 Å². The van der Waals surface area contributed by atoms with Gasteiger partial charge in [-0.2, -0.15) is 0 Å². The molecule has 0 saturated carbocycles. The number of aryl methyl sites for hydroxylation is 1. The molecule has 1 N–H and O–H groups in total. The van der Waals surface area contributed by atoms with Crippen molar-refractivity contribution < 1.29 is 9.90 Å². The highest BCUT2D eigenvalue weighted by atomic mass is 35.5. The standard InChI is InChI=1S/C16H22ClNO2/c1-10-7-11(5-6-14(10)17)12-8-18(16(2,3)4)9-13(12)15(19)20/h5-7,12-13H,8-9H2,1-4H3,(H,19,20)/t12-,13+/m1/s1. The van der Waals surface area contributed by atoms with Crippen LogP contribution in [0.1, 0.15) is 37.8 Å². The number of nitrogens with zero attached hydrogens (tertiary/aromatic N) is 1. The van der Waals surface area contributed by atoms with Crippen molar-refractivity contribution in [1.29, 1.82) is 0 Å². The van der Waals surface area contributed by atoms with E-state index in [9.17, 15) is 9.90 Å². The molecule has 1 aliphatic rings. The molecule has 1 aliphatic heterocycles. The number of likely N-dealkylation sites (tertiary alicyclic amines) is 1. The molecule has 110 valence electrons. The van der Waals surface area contributed by atoms with Crippen molar-refractivity contribution >= 4 is 17.6 Å². The van der Waals surface area contributed by atoms with Crippen LogP contribution >= 0.6 is 11.6 Å². The lowest BCUT2D eigenvalue weighted by Crippen LogP contribution is -2.40. The summed E-state index contributed by atoms with van der Waals surface area (Å²) in [5, 5.41) is 10.2. The minimum absolute atomic E-state index is 0.01000. The quantitative estimate of drug-likeness (QED) is 0.907. The van der Waals surface area contributed by atoms with Crippen LogP contribution in [0.5, 0.6) is 0 Å². The van der Waals surface area contributed by atoms with Gasteiger partial charge in [0.15, 0.2) is 0 Å². The van der Waals surface area contributed by atoms with E-state index in [4.69, 9.17) is 11.6 Å². The first-order valence-corrected chi connectivity index (χ1v) is 7.32. The van der Waals surface area contributed by atoms with Crippen molar-refractivity contribution in [3.05, 3.63) is 34.3 Å². The van der Waals surface area contributed by atoms with E-state index in [1.54, 1.807) is 0 Å². The third kappa shape index (κ3) is 2.99. The lowest BCUT2D eigenvalue weighted by atomic mass is 9.88. The van der Waals surface area contributed by atoms with E-state index in [1.165, 1.54) is 0 Å². The average Bonchev–Trinajstić information content (AvgIpc) is 2.77. The molecule has 1 heterocycles. The predicted octanol–water partition coefficient (Wildman–Crippen LogP) is 3.55. The summed E-state index contributed by atoms with van der Waals surface area (Å²) in [6.07, 6.45) is 0. The van der Waals surface area contributed by atoms with Crippen LogP contribution in [0.25, 0.3) is 0 Å². The lowest BCUT2D eigenvalue weighted by Gasteiger charge is -2.31. The Labute approximate surface area is 125 Å². The maximum atomic E-state index is 11.6. The van der Waals surface area contributed by atoms with Gasteiger partial charge < -0.3 is 5.11 Å². The van der Waals surface area contributed by atoms with Crippen LogP contribution in [0.4, 0.5) is 0 Å². The molecule has 0 spiro atoms. The van der Waals surface area contributed by atoms with E-state index in [0.29, 0.717) is 6.54 Å². The number of carbonyl (C=O) groups is 1. The molecule has 2 atom stereocenters. The Morgan fingerprint density at radius 3 is 2.50 bits per heavy atom. The normalized spacial score (nSPS) is 24.1. The number of aliphatic carboxylic acids is 1. The van der Waals surface area contributed by atoms with Gasteiger partial charge in [-0.15, -0.1) is 0 Å².